The number of benzene rings is 1. The third-order valence-corrected chi connectivity index (χ3v) is 2.38. The van der Waals surface area contributed by atoms with Crippen LogP contribution in [0.1, 0.15) is 11.1 Å². The summed E-state index contributed by atoms with van der Waals surface area (Å²) >= 11 is 0. The minimum absolute atomic E-state index is 0.987. The standard InChI is InChI=1S/C10H12Si/c1-3-9-6-4-5-7-10(9)8-11-2/h3-7H,1,8H2,2H3. The van der Waals surface area contributed by atoms with Crippen molar-refractivity contribution in [2.45, 2.75) is 12.6 Å². The molecule has 1 rings (SSSR count). The summed E-state index contributed by atoms with van der Waals surface area (Å²) < 4.78 is 0. The Hall–Kier alpha value is -0.823. The second-order valence-corrected chi connectivity index (χ2v) is 3.49. The molecule has 0 aliphatic heterocycles. The van der Waals surface area contributed by atoms with E-state index in [4.69, 9.17) is 0 Å². The summed E-state index contributed by atoms with van der Waals surface area (Å²) in [6.45, 7) is 6.00. The van der Waals surface area contributed by atoms with E-state index in [0.29, 0.717) is 0 Å². The Morgan fingerprint density at radius 1 is 1.45 bits per heavy atom. The molecule has 0 aliphatic rings. The molecule has 0 saturated heterocycles. The predicted octanol–water partition coefficient (Wildman–Crippen LogP) is 2.58. The average Bonchev–Trinajstić information content (AvgIpc) is 2.06. The van der Waals surface area contributed by atoms with Crippen LogP contribution in [0, 0.1) is 0 Å². The first-order valence-electron chi connectivity index (χ1n) is 3.73. The lowest BCUT2D eigenvalue weighted by Gasteiger charge is -2.01. The lowest BCUT2D eigenvalue weighted by atomic mass is 10.1. The highest BCUT2D eigenvalue weighted by Gasteiger charge is 1.94. The van der Waals surface area contributed by atoms with Gasteiger partial charge in [-0.1, -0.05) is 43.5 Å². The van der Waals surface area contributed by atoms with Gasteiger partial charge in [0.05, 0.1) is 0 Å². The minimum atomic E-state index is 0.987. The molecular weight excluding hydrogens is 148 g/mol. The quantitative estimate of drug-likeness (QED) is 0.596. The van der Waals surface area contributed by atoms with Crippen LogP contribution in [0.2, 0.25) is 6.55 Å². The van der Waals surface area contributed by atoms with Crippen molar-refractivity contribution in [3.8, 4) is 0 Å². The third-order valence-electron chi connectivity index (χ3n) is 1.64. The maximum Gasteiger partial charge on any atom is 0.0394 e. The summed E-state index contributed by atoms with van der Waals surface area (Å²) in [5.74, 6) is 0. The first-order valence-corrected chi connectivity index (χ1v) is 5.44. The first kappa shape index (κ1) is 8.28. The van der Waals surface area contributed by atoms with Crippen molar-refractivity contribution in [1.29, 1.82) is 0 Å². The van der Waals surface area contributed by atoms with Gasteiger partial charge in [0, 0.05) is 9.52 Å². The molecule has 0 heterocycles. The van der Waals surface area contributed by atoms with Gasteiger partial charge in [-0.25, -0.2) is 0 Å². The molecule has 0 aromatic heterocycles. The van der Waals surface area contributed by atoms with E-state index in [1.165, 1.54) is 17.2 Å². The van der Waals surface area contributed by atoms with Crippen LogP contribution < -0.4 is 0 Å². The molecule has 0 unspecified atom stereocenters. The van der Waals surface area contributed by atoms with Crippen LogP contribution in [0.5, 0.6) is 0 Å². The topological polar surface area (TPSA) is 0 Å². The SMILES string of the molecule is C=Cc1ccccc1C[Si]C. The van der Waals surface area contributed by atoms with Crippen molar-refractivity contribution in [2.75, 3.05) is 0 Å². The Labute approximate surface area is 70.8 Å². The van der Waals surface area contributed by atoms with E-state index < -0.39 is 0 Å². The third kappa shape index (κ3) is 2.05. The Bertz CT molecular complexity index is 240. The molecule has 0 saturated carbocycles. The van der Waals surface area contributed by atoms with Gasteiger partial charge >= 0.3 is 0 Å². The van der Waals surface area contributed by atoms with Crippen molar-refractivity contribution >= 4 is 15.6 Å². The van der Waals surface area contributed by atoms with Crippen LogP contribution in [0.15, 0.2) is 30.8 Å². The van der Waals surface area contributed by atoms with Crippen molar-refractivity contribution in [3.05, 3.63) is 42.0 Å². The lowest BCUT2D eigenvalue weighted by Crippen LogP contribution is -1.93. The summed E-state index contributed by atoms with van der Waals surface area (Å²) in [5.41, 5.74) is 2.70. The van der Waals surface area contributed by atoms with Gasteiger partial charge in [0.15, 0.2) is 0 Å². The Balaban J connectivity index is 2.92. The van der Waals surface area contributed by atoms with Crippen molar-refractivity contribution < 1.29 is 0 Å². The number of rotatable bonds is 3. The van der Waals surface area contributed by atoms with Crippen molar-refractivity contribution in [1.82, 2.24) is 0 Å². The molecule has 0 atom stereocenters. The van der Waals surface area contributed by atoms with Gasteiger partial charge < -0.3 is 0 Å². The van der Waals surface area contributed by atoms with Gasteiger partial charge in [0.1, 0.15) is 0 Å². The van der Waals surface area contributed by atoms with Gasteiger partial charge in [-0.15, -0.1) is 0 Å². The minimum Gasteiger partial charge on any atom is -0.0985 e. The fraction of sp³-hybridized carbons (Fsp3) is 0.200. The fourth-order valence-electron chi connectivity index (χ4n) is 1.08. The van der Waals surface area contributed by atoms with Crippen molar-refractivity contribution in [2.24, 2.45) is 0 Å². The molecule has 0 nitrogen and oxygen atoms in total. The van der Waals surface area contributed by atoms with Crippen LogP contribution in [0.25, 0.3) is 6.08 Å². The zero-order chi connectivity index (χ0) is 8.10. The summed E-state index contributed by atoms with van der Waals surface area (Å²) in [5, 5.41) is 0. The molecule has 2 radical (unpaired) electrons. The Morgan fingerprint density at radius 2 is 2.18 bits per heavy atom. The molecule has 0 amide bonds. The molecule has 1 aromatic rings. The van der Waals surface area contributed by atoms with Crippen LogP contribution in [0.4, 0.5) is 0 Å². The largest absolute Gasteiger partial charge is 0.0985 e. The Kier molecular flexibility index (Phi) is 3.11. The van der Waals surface area contributed by atoms with Gasteiger partial charge in [-0.05, 0) is 17.2 Å². The molecule has 0 fully saturated rings. The zero-order valence-electron chi connectivity index (χ0n) is 6.80. The van der Waals surface area contributed by atoms with Gasteiger partial charge in [-0.2, -0.15) is 0 Å². The molecule has 56 valence electrons. The molecule has 0 bridgehead atoms. The van der Waals surface area contributed by atoms with Gasteiger partial charge in [-0.3, -0.25) is 0 Å². The number of hydrogen-bond donors (Lipinski definition) is 0. The van der Waals surface area contributed by atoms with E-state index in [0.717, 1.165) is 9.52 Å². The first-order chi connectivity index (χ1) is 5.38. The second kappa shape index (κ2) is 4.14. The summed E-state index contributed by atoms with van der Waals surface area (Å²) in [4.78, 5) is 0. The molecule has 0 spiro atoms. The molecule has 11 heavy (non-hydrogen) atoms. The average molecular weight is 160 g/mol. The predicted molar refractivity (Wildman–Crippen MR) is 51.9 cm³/mol. The highest BCUT2D eigenvalue weighted by Crippen LogP contribution is 2.09. The summed E-state index contributed by atoms with van der Waals surface area (Å²) in [7, 11) is 0.987. The molecular formula is C10H12Si. The van der Waals surface area contributed by atoms with Crippen LogP contribution in [-0.4, -0.2) is 9.52 Å². The fourth-order valence-corrected chi connectivity index (χ4v) is 1.79. The number of hydrogen-bond acceptors (Lipinski definition) is 0. The van der Waals surface area contributed by atoms with E-state index in [1.807, 2.05) is 6.08 Å². The van der Waals surface area contributed by atoms with E-state index in [1.54, 1.807) is 0 Å². The molecule has 0 N–H and O–H groups in total. The van der Waals surface area contributed by atoms with Crippen LogP contribution in [0.3, 0.4) is 0 Å². The normalized spacial score (nSPS) is 9.55. The van der Waals surface area contributed by atoms with Gasteiger partial charge in [0.25, 0.3) is 0 Å². The smallest absolute Gasteiger partial charge is 0.0394 e. The molecule has 0 aliphatic carbocycles. The molecule has 1 heteroatoms. The monoisotopic (exact) mass is 160 g/mol. The van der Waals surface area contributed by atoms with Gasteiger partial charge in [0.2, 0.25) is 0 Å². The maximum atomic E-state index is 3.78. The van der Waals surface area contributed by atoms with Crippen LogP contribution in [-0.2, 0) is 6.04 Å². The highest BCUT2D eigenvalue weighted by molar-refractivity contribution is 6.33. The van der Waals surface area contributed by atoms with Crippen molar-refractivity contribution in [3.63, 3.8) is 0 Å². The van der Waals surface area contributed by atoms with E-state index >= 15 is 0 Å². The highest BCUT2D eigenvalue weighted by atomic mass is 28.2. The zero-order valence-corrected chi connectivity index (χ0v) is 7.80. The Morgan fingerprint density at radius 3 is 2.82 bits per heavy atom. The maximum absolute atomic E-state index is 3.78. The van der Waals surface area contributed by atoms with E-state index in [-0.39, 0.29) is 0 Å². The molecule has 1 aromatic carbocycles. The lowest BCUT2D eigenvalue weighted by molar-refractivity contribution is 1.36. The summed E-state index contributed by atoms with van der Waals surface area (Å²) in [6.07, 6.45) is 1.93. The van der Waals surface area contributed by atoms with Crippen LogP contribution >= 0.6 is 0 Å². The van der Waals surface area contributed by atoms with E-state index in [2.05, 4.69) is 37.4 Å². The summed E-state index contributed by atoms with van der Waals surface area (Å²) in [6, 6.07) is 9.61. The van der Waals surface area contributed by atoms with E-state index in [9.17, 15) is 0 Å². The second-order valence-electron chi connectivity index (χ2n) is 2.43.